The van der Waals surface area contributed by atoms with Gasteiger partial charge in [-0.05, 0) is 36.2 Å². The van der Waals surface area contributed by atoms with Crippen LogP contribution in [0.3, 0.4) is 0 Å². The van der Waals surface area contributed by atoms with Gasteiger partial charge in [0.05, 0.1) is 31.8 Å². The standard InChI is InChI=1S/C30H37N3O6/c1-3-4-5-9-14-24(19-33(22-34)38-20-23-12-7-6-8-13-23)29(35)31-21-32-30(36)28-18-17-27(39-28)25-15-10-11-16-26(25)37-2/h6-8,10-13,15-18,22,24H,3-5,9,14,19-21H2,1-2H3,(H,31,35)(H,32,36)/t24-/m1/s1. The summed E-state index contributed by atoms with van der Waals surface area (Å²) in [6, 6.07) is 20.1. The van der Waals surface area contributed by atoms with Crippen LogP contribution in [0.4, 0.5) is 0 Å². The summed E-state index contributed by atoms with van der Waals surface area (Å²) in [7, 11) is 1.57. The summed E-state index contributed by atoms with van der Waals surface area (Å²) < 4.78 is 11.1. The van der Waals surface area contributed by atoms with Crippen LogP contribution in [0.15, 0.2) is 71.1 Å². The quantitative estimate of drug-likeness (QED) is 0.110. The van der Waals surface area contributed by atoms with Crippen LogP contribution in [0.25, 0.3) is 11.3 Å². The lowest BCUT2D eigenvalue weighted by atomic mass is 9.99. The van der Waals surface area contributed by atoms with Crippen molar-refractivity contribution < 1.29 is 28.4 Å². The Morgan fingerprint density at radius 2 is 1.74 bits per heavy atom. The average molecular weight is 536 g/mol. The van der Waals surface area contributed by atoms with Crippen LogP contribution in [0.2, 0.25) is 0 Å². The van der Waals surface area contributed by atoms with Crippen molar-refractivity contribution in [2.45, 2.75) is 45.6 Å². The van der Waals surface area contributed by atoms with E-state index in [-0.39, 0.29) is 31.5 Å². The van der Waals surface area contributed by atoms with Gasteiger partial charge in [-0.2, -0.15) is 0 Å². The minimum absolute atomic E-state index is 0.0836. The molecule has 9 heteroatoms. The SMILES string of the molecule is CCCCCC[C@H](CN(C=O)OCc1ccccc1)C(=O)NCNC(=O)c1ccc(-c2ccccc2OC)o1. The number of carbonyl (C=O) groups excluding carboxylic acids is 3. The van der Waals surface area contributed by atoms with Crippen molar-refractivity contribution in [2.75, 3.05) is 20.3 Å². The van der Waals surface area contributed by atoms with Crippen molar-refractivity contribution in [1.29, 1.82) is 0 Å². The molecule has 0 saturated carbocycles. The van der Waals surface area contributed by atoms with Gasteiger partial charge in [-0.3, -0.25) is 19.2 Å². The number of nitrogens with zero attached hydrogens (tertiary/aromatic N) is 1. The van der Waals surface area contributed by atoms with Crippen molar-refractivity contribution in [1.82, 2.24) is 15.7 Å². The number of ether oxygens (including phenoxy) is 1. The van der Waals surface area contributed by atoms with Crippen molar-refractivity contribution in [3.8, 4) is 17.1 Å². The van der Waals surface area contributed by atoms with E-state index in [1.807, 2.05) is 54.6 Å². The molecule has 1 aromatic heterocycles. The Morgan fingerprint density at radius 1 is 0.974 bits per heavy atom. The molecule has 9 nitrogen and oxygen atoms in total. The Hall–Kier alpha value is -4.11. The van der Waals surface area contributed by atoms with Gasteiger partial charge in [0.1, 0.15) is 18.1 Å². The van der Waals surface area contributed by atoms with Crippen LogP contribution in [0.1, 0.15) is 55.1 Å². The summed E-state index contributed by atoms with van der Waals surface area (Å²) in [5, 5.41) is 6.58. The summed E-state index contributed by atoms with van der Waals surface area (Å²) in [6.07, 6.45) is 5.19. The third kappa shape index (κ3) is 9.30. The summed E-state index contributed by atoms with van der Waals surface area (Å²) in [6.45, 7) is 2.37. The number of hydrogen-bond donors (Lipinski definition) is 2. The lowest BCUT2D eigenvalue weighted by Crippen LogP contribution is -2.43. The fourth-order valence-corrected chi connectivity index (χ4v) is 4.09. The highest BCUT2D eigenvalue weighted by molar-refractivity contribution is 5.92. The van der Waals surface area contributed by atoms with Crippen molar-refractivity contribution in [2.24, 2.45) is 5.92 Å². The molecule has 2 N–H and O–H groups in total. The van der Waals surface area contributed by atoms with Gasteiger partial charge < -0.3 is 19.8 Å². The summed E-state index contributed by atoms with van der Waals surface area (Å²) >= 11 is 0. The molecule has 3 rings (SSSR count). The van der Waals surface area contributed by atoms with Gasteiger partial charge in [-0.25, -0.2) is 5.06 Å². The van der Waals surface area contributed by atoms with Crippen LogP contribution in [-0.2, 0) is 21.0 Å². The van der Waals surface area contributed by atoms with E-state index < -0.39 is 11.8 Å². The third-order valence-electron chi connectivity index (χ3n) is 6.25. The number of methoxy groups -OCH3 is 1. The first-order chi connectivity index (χ1) is 19.0. The highest BCUT2D eigenvalue weighted by Crippen LogP contribution is 2.30. The number of unbranched alkanes of at least 4 members (excludes halogenated alkanes) is 3. The van der Waals surface area contributed by atoms with E-state index in [1.165, 1.54) is 0 Å². The minimum Gasteiger partial charge on any atom is -0.496 e. The van der Waals surface area contributed by atoms with Gasteiger partial charge in [-0.1, -0.05) is 75.1 Å². The van der Waals surface area contributed by atoms with Crippen LogP contribution in [0, 0.1) is 5.92 Å². The van der Waals surface area contributed by atoms with E-state index >= 15 is 0 Å². The lowest BCUT2D eigenvalue weighted by molar-refractivity contribution is -0.182. The molecule has 0 aliphatic heterocycles. The molecule has 0 aliphatic carbocycles. The number of nitrogens with one attached hydrogen (secondary N) is 2. The largest absolute Gasteiger partial charge is 0.496 e. The molecular formula is C30H37N3O6. The summed E-state index contributed by atoms with van der Waals surface area (Å²) in [4.78, 5) is 42.9. The normalized spacial score (nSPS) is 11.4. The second-order valence-corrected chi connectivity index (χ2v) is 9.10. The average Bonchev–Trinajstić information content (AvgIpc) is 3.47. The Kier molecular flexibility index (Phi) is 12.1. The van der Waals surface area contributed by atoms with Gasteiger partial charge in [0.15, 0.2) is 5.76 Å². The zero-order valence-corrected chi connectivity index (χ0v) is 22.6. The van der Waals surface area contributed by atoms with E-state index in [4.69, 9.17) is 14.0 Å². The first-order valence-electron chi connectivity index (χ1n) is 13.2. The molecular weight excluding hydrogens is 498 g/mol. The van der Waals surface area contributed by atoms with E-state index in [0.29, 0.717) is 24.3 Å². The molecule has 0 spiro atoms. The Labute approximate surface area is 229 Å². The van der Waals surface area contributed by atoms with Crippen LogP contribution < -0.4 is 15.4 Å². The molecule has 3 aromatic rings. The zero-order chi connectivity index (χ0) is 27.9. The fourth-order valence-electron chi connectivity index (χ4n) is 4.09. The van der Waals surface area contributed by atoms with Gasteiger partial charge in [0.25, 0.3) is 5.91 Å². The number of amides is 3. The molecule has 0 radical (unpaired) electrons. The van der Waals surface area contributed by atoms with Gasteiger partial charge >= 0.3 is 0 Å². The maximum atomic E-state index is 13.0. The molecule has 1 heterocycles. The summed E-state index contributed by atoms with van der Waals surface area (Å²) in [5.41, 5.74) is 1.65. The molecule has 0 aliphatic rings. The third-order valence-corrected chi connectivity index (χ3v) is 6.25. The zero-order valence-electron chi connectivity index (χ0n) is 22.6. The van der Waals surface area contributed by atoms with Gasteiger partial charge in [0.2, 0.25) is 12.3 Å². The maximum Gasteiger partial charge on any atom is 0.288 e. The molecule has 0 bridgehead atoms. The molecule has 0 fully saturated rings. The van der Waals surface area contributed by atoms with Crippen LogP contribution in [0.5, 0.6) is 5.75 Å². The predicted molar refractivity (Wildman–Crippen MR) is 147 cm³/mol. The Balaban J connectivity index is 1.54. The smallest absolute Gasteiger partial charge is 0.288 e. The first kappa shape index (κ1) is 29.4. The Morgan fingerprint density at radius 3 is 2.49 bits per heavy atom. The molecule has 0 unspecified atom stereocenters. The van der Waals surface area contributed by atoms with E-state index in [2.05, 4.69) is 17.6 Å². The number of hydrogen-bond acceptors (Lipinski definition) is 6. The van der Waals surface area contributed by atoms with Crippen molar-refractivity contribution >= 4 is 18.2 Å². The molecule has 1 atom stereocenters. The second kappa shape index (κ2) is 16.0. The maximum absolute atomic E-state index is 13.0. The fraction of sp³-hybridized carbons (Fsp3) is 0.367. The molecule has 0 saturated heterocycles. The van der Waals surface area contributed by atoms with E-state index in [1.54, 1.807) is 19.2 Å². The van der Waals surface area contributed by atoms with Crippen molar-refractivity contribution in [3.05, 3.63) is 78.1 Å². The topological polar surface area (TPSA) is 110 Å². The Bertz CT molecular complexity index is 1180. The number of para-hydroxylation sites is 1. The number of benzene rings is 2. The second-order valence-electron chi connectivity index (χ2n) is 9.10. The molecule has 3 amide bonds. The van der Waals surface area contributed by atoms with Gasteiger partial charge in [-0.15, -0.1) is 0 Å². The first-order valence-corrected chi connectivity index (χ1v) is 13.2. The number of carbonyl (C=O) groups is 3. The number of rotatable bonds is 17. The molecule has 2 aromatic carbocycles. The number of hydroxylamine groups is 2. The highest BCUT2D eigenvalue weighted by atomic mass is 16.7. The monoisotopic (exact) mass is 535 g/mol. The highest BCUT2D eigenvalue weighted by Gasteiger charge is 2.22. The van der Waals surface area contributed by atoms with Gasteiger partial charge in [0, 0.05) is 0 Å². The molecule has 39 heavy (non-hydrogen) atoms. The van der Waals surface area contributed by atoms with Crippen molar-refractivity contribution in [3.63, 3.8) is 0 Å². The number of furan rings is 1. The van der Waals surface area contributed by atoms with Crippen LogP contribution in [-0.4, -0.2) is 43.6 Å². The van der Waals surface area contributed by atoms with E-state index in [0.717, 1.165) is 41.9 Å². The predicted octanol–water partition coefficient (Wildman–Crippen LogP) is 4.94. The lowest BCUT2D eigenvalue weighted by Gasteiger charge is -2.23. The summed E-state index contributed by atoms with van der Waals surface area (Å²) in [5.74, 6) is 0.0300. The van der Waals surface area contributed by atoms with Crippen LogP contribution >= 0.6 is 0 Å². The van der Waals surface area contributed by atoms with E-state index in [9.17, 15) is 14.4 Å². The molecule has 208 valence electrons. The minimum atomic E-state index is -0.486.